The number of hydrogen-bond acceptors (Lipinski definition) is 3. The monoisotopic (exact) mass is 313 g/mol. The van der Waals surface area contributed by atoms with Crippen molar-refractivity contribution in [2.75, 3.05) is 0 Å². The third kappa shape index (κ3) is 2.59. The van der Waals surface area contributed by atoms with E-state index in [2.05, 4.69) is 0 Å². The lowest BCUT2D eigenvalue weighted by Crippen LogP contribution is -2.35. The number of carboxylic acid groups (broad SMARTS) is 1. The Morgan fingerprint density at radius 1 is 1.04 bits per heavy atom. The molecule has 2 aromatic rings. The first-order valence-corrected chi connectivity index (χ1v) is 6.93. The van der Waals surface area contributed by atoms with Crippen LogP contribution < -0.4 is 0 Å². The molecule has 0 saturated heterocycles. The first-order chi connectivity index (χ1) is 11.0. The molecule has 0 spiro atoms. The predicted octanol–water partition coefficient (Wildman–Crippen LogP) is 2.64. The van der Waals surface area contributed by atoms with E-state index in [1.807, 2.05) is 0 Å². The van der Waals surface area contributed by atoms with Crippen LogP contribution in [0.4, 0.5) is 4.39 Å². The van der Waals surface area contributed by atoms with E-state index < -0.39 is 36.1 Å². The minimum absolute atomic E-state index is 0.226. The zero-order valence-electron chi connectivity index (χ0n) is 11.9. The summed E-state index contributed by atoms with van der Waals surface area (Å²) < 4.78 is 13.5. The van der Waals surface area contributed by atoms with Crippen LogP contribution in [-0.2, 0) is 4.79 Å². The molecule has 0 aromatic heterocycles. The Balaban J connectivity index is 2.07. The van der Waals surface area contributed by atoms with Crippen LogP contribution in [0.3, 0.4) is 0 Å². The van der Waals surface area contributed by atoms with Crippen LogP contribution in [-0.4, -0.2) is 27.8 Å². The van der Waals surface area contributed by atoms with Crippen molar-refractivity contribution in [2.45, 2.75) is 12.5 Å². The molecular weight excluding hydrogens is 301 g/mol. The number of carbonyl (C=O) groups is 3. The summed E-state index contributed by atoms with van der Waals surface area (Å²) in [6.07, 6.45) is -0.491. The van der Waals surface area contributed by atoms with Crippen LogP contribution in [0.2, 0.25) is 0 Å². The number of fused-ring (bicyclic) bond motifs is 1. The number of imide groups is 1. The molecule has 0 unspecified atom stereocenters. The van der Waals surface area contributed by atoms with Gasteiger partial charge >= 0.3 is 5.97 Å². The average Bonchev–Trinajstić information content (AvgIpc) is 2.77. The smallest absolute Gasteiger partial charge is 0.305 e. The summed E-state index contributed by atoms with van der Waals surface area (Å²) in [5.74, 6) is -2.88. The molecule has 1 heterocycles. The molecule has 1 aliphatic heterocycles. The Morgan fingerprint density at radius 3 is 2.17 bits per heavy atom. The van der Waals surface area contributed by atoms with Crippen molar-refractivity contribution < 1.29 is 23.9 Å². The highest BCUT2D eigenvalue weighted by Gasteiger charge is 2.41. The van der Waals surface area contributed by atoms with E-state index in [4.69, 9.17) is 5.11 Å². The molecule has 23 heavy (non-hydrogen) atoms. The fourth-order valence-corrected chi connectivity index (χ4v) is 2.73. The Hall–Kier alpha value is -3.02. The number of carbonyl (C=O) groups excluding carboxylic acids is 2. The fraction of sp³-hybridized carbons (Fsp3) is 0.118. The lowest BCUT2D eigenvalue weighted by atomic mass is 10.0. The second-order valence-corrected chi connectivity index (χ2v) is 5.19. The summed E-state index contributed by atoms with van der Waals surface area (Å²) in [6.45, 7) is 0. The standard InChI is InChI=1S/C17H12FNO4/c18-11-5-3-4-10(8-11)14(9-15(20)21)19-16(22)12-6-1-2-7-13(12)17(19)23/h1-8,14H,9H2,(H,20,21)/t14-/m0/s1. The van der Waals surface area contributed by atoms with Crippen molar-refractivity contribution in [1.82, 2.24) is 4.90 Å². The van der Waals surface area contributed by atoms with E-state index in [0.717, 1.165) is 11.0 Å². The van der Waals surface area contributed by atoms with Crippen molar-refractivity contribution in [3.63, 3.8) is 0 Å². The average molecular weight is 313 g/mol. The highest BCUT2D eigenvalue weighted by Crippen LogP contribution is 2.33. The van der Waals surface area contributed by atoms with E-state index in [1.165, 1.54) is 30.3 Å². The molecule has 2 amide bonds. The number of rotatable bonds is 4. The van der Waals surface area contributed by atoms with Gasteiger partial charge in [-0.1, -0.05) is 24.3 Å². The third-order valence-corrected chi connectivity index (χ3v) is 3.74. The van der Waals surface area contributed by atoms with Crippen molar-refractivity contribution in [3.8, 4) is 0 Å². The fourth-order valence-electron chi connectivity index (χ4n) is 2.73. The van der Waals surface area contributed by atoms with Gasteiger partial charge in [0.2, 0.25) is 0 Å². The Bertz CT molecular complexity index is 783. The first kappa shape index (κ1) is 14.9. The van der Waals surface area contributed by atoms with E-state index in [-0.39, 0.29) is 16.7 Å². The number of aliphatic carboxylic acids is 1. The Morgan fingerprint density at radius 2 is 1.65 bits per heavy atom. The summed E-state index contributed by atoms with van der Waals surface area (Å²) in [5.41, 5.74) is 0.718. The van der Waals surface area contributed by atoms with Gasteiger partial charge in [-0.3, -0.25) is 19.3 Å². The molecule has 0 saturated carbocycles. The lowest BCUT2D eigenvalue weighted by molar-refractivity contribution is -0.138. The molecular formula is C17H12FNO4. The summed E-state index contributed by atoms with van der Waals surface area (Å²) in [5, 5.41) is 9.12. The summed E-state index contributed by atoms with van der Waals surface area (Å²) in [4.78, 5) is 37.1. The SMILES string of the molecule is O=C(O)C[C@@H](c1cccc(F)c1)N1C(=O)c2ccccc2C1=O. The third-order valence-electron chi connectivity index (χ3n) is 3.74. The van der Waals surface area contributed by atoms with Gasteiger partial charge in [0.1, 0.15) is 5.82 Å². The van der Waals surface area contributed by atoms with Crippen LogP contribution in [0, 0.1) is 5.82 Å². The van der Waals surface area contributed by atoms with Crippen molar-refractivity contribution in [2.24, 2.45) is 0 Å². The number of nitrogens with zero attached hydrogens (tertiary/aromatic N) is 1. The van der Waals surface area contributed by atoms with Crippen LogP contribution in [0.25, 0.3) is 0 Å². The molecule has 6 heteroatoms. The number of benzene rings is 2. The lowest BCUT2D eigenvalue weighted by Gasteiger charge is -2.25. The largest absolute Gasteiger partial charge is 0.481 e. The predicted molar refractivity (Wildman–Crippen MR) is 78.3 cm³/mol. The second kappa shape index (κ2) is 5.64. The summed E-state index contributed by atoms with van der Waals surface area (Å²) in [6, 6.07) is 10.5. The molecule has 5 nitrogen and oxygen atoms in total. The Kier molecular flexibility index (Phi) is 3.65. The first-order valence-electron chi connectivity index (χ1n) is 6.93. The van der Waals surface area contributed by atoms with Crippen molar-refractivity contribution in [1.29, 1.82) is 0 Å². The Labute approximate surface area is 131 Å². The van der Waals surface area contributed by atoms with E-state index >= 15 is 0 Å². The summed E-state index contributed by atoms with van der Waals surface area (Å²) in [7, 11) is 0. The van der Waals surface area contributed by atoms with Crippen molar-refractivity contribution >= 4 is 17.8 Å². The maximum Gasteiger partial charge on any atom is 0.305 e. The van der Waals surface area contributed by atoms with Gasteiger partial charge in [-0.15, -0.1) is 0 Å². The molecule has 0 fully saturated rings. The normalized spacial score (nSPS) is 14.7. The number of amides is 2. The number of hydrogen-bond donors (Lipinski definition) is 1. The topological polar surface area (TPSA) is 74.7 Å². The molecule has 0 bridgehead atoms. The molecule has 1 aliphatic rings. The van der Waals surface area contributed by atoms with Crippen LogP contribution >= 0.6 is 0 Å². The molecule has 2 aromatic carbocycles. The molecule has 1 atom stereocenters. The molecule has 0 aliphatic carbocycles. The van der Waals surface area contributed by atoms with Crippen LogP contribution in [0.5, 0.6) is 0 Å². The maximum atomic E-state index is 13.5. The molecule has 3 rings (SSSR count). The minimum atomic E-state index is -1.18. The van der Waals surface area contributed by atoms with Crippen molar-refractivity contribution in [3.05, 3.63) is 71.0 Å². The summed E-state index contributed by atoms with van der Waals surface area (Å²) >= 11 is 0. The maximum absolute atomic E-state index is 13.5. The van der Waals surface area contributed by atoms with Gasteiger partial charge < -0.3 is 5.11 Å². The molecule has 0 radical (unpaired) electrons. The number of halogens is 1. The van der Waals surface area contributed by atoms with Gasteiger partial charge in [-0.25, -0.2) is 4.39 Å². The van der Waals surface area contributed by atoms with E-state index in [0.29, 0.717) is 0 Å². The van der Waals surface area contributed by atoms with E-state index in [9.17, 15) is 18.8 Å². The highest BCUT2D eigenvalue weighted by molar-refractivity contribution is 6.21. The zero-order chi connectivity index (χ0) is 16.6. The van der Waals surface area contributed by atoms with Gasteiger partial charge in [0.25, 0.3) is 11.8 Å². The minimum Gasteiger partial charge on any atom is -0.481 e. The molecule has 1 N–H and O–H groups in total. The quantitative estimate of drug-likeness (QED) is 0.881. The van der Waals surface area contributed by atoms with Crippen LogP contribution in [0.15, 0.2) is 48.5 Å². The second-order valence-electron chi connectivity index (χ2n) is 5.19. The number of carboxylic acids is 1. The molecule has 116 valence electrons. The zero-order valence-corrected chi connectivity index (χ0v) is 11.9. The van der Waals surface area contributed by atoms with Gasteiger partial charge in [-0.05, 0) is 29.8 Å². The van der Waals surface area contributed by atoms with E-state index in [1.54, 1.807) is 12.1 Å². The van der Waals surface area contributed by atoms with Gasteiger partial charge in [0.15, 0.2) is 0 Å². The highest BCUT2D eigenvalue weighted by atomic mass is 19.1. The van der Waals surface area contributed by atoms with Gasteiger partial charge in [-0.2, -0.15) is 0 Å². The van der Waals surface area contributed by atoms with Crippen LogP contribution in [0.1, 0.15) is 38.7 Å². The van der Waals surface area contributed by atoms with Gasteiger partial charge in [0, 0.05) is 0 Å². The van der Waals surface area contributed by atoms with Gasteiger partial charge in [0.05, 0.1) is 23.6 Å².